The molecule has 6 heteroatoms. The molecule has 5 nitrogen and oxygen atoms in total. The number of carbonyl (C=O) groups is 1. The summed E-state index contributed by atoms with van der Waals surface area (Å²) < 4.78 is 11.1. The summed E-state index contributed by atoms with van der Waals surface area (Å²) in [6.45, 7) is 7.60. The van der Waals surface area contributed by atoms with Gasteiger partial charge in [0.25, 0.3) is 5.89 Å². The number of hydrogen-bond donors (Lipinski definition) is 0. The molecular weight excluding hydrogens is 324 g/mol. The maximum atomic E-state index is 12.3. The van der Waals surface area contributed by atoms with E-state index in [1.165, 1.54) is 0 Å². The fourth-order valence-corrected chi connectivity index (χ4v) is 3.23. The van der Waals surface area contributed by atoms with Crippen LogP contribution in [0.25, 0.3) is 11.5 Å². The molecule has 2 aromatic heterocycles. The number of thiophene rings is 1. The van der Waals surface area contributed by atoms with Crippen molar-refractivity contribution in [3.05, 3.63) is 57.1 Å². The second kappa shape index (κ2) is 6.57. The van der Waals surface area contributed by atoms with Crippen molar-refractivity contribution in [2.24, 2.45) is 0 Å². The van der Waals surface area contributed by atoms with Crippen LogP contribution in [0.4, 0.5) is 0 Å². The third-order valence-electron chi connectivity index (χ3n) is 3.63. The molecule has 0 saturated heterocycles. The number of nitrogens with zero attached hydrogens (tertiary/aromatic N) is 2. The molecule has 2 heterocycles. The van der Waals surface area contributed by atoms with E-state index >= 15 is 0 Å². The van der Waals surface area contributed by atoms with Crippen molar-refractivity contribution in [2.75, 3.05) is 0 Å². The van der Waals surface area contributed by atoms with Gasteiger partial charge in [-0.05, 0) is 45.9 Å². The van der Waals surface area contributed by atoms with Crippen molar-refractivity contribution < 1.29 is 13.9 Å². The minimum Gasteiger partial charge on any atom is -0.449 e. The Hall–Kier alpha value is -2.47. The molecule has 0 radical (unpaired) electrons. The minimum atomic E-state index is -0.608. The van der Waals surface area contributed by atoms with E-state index in [9.17, 15) is 4.79 Å². The SMILES string of the molecule is Cc1ccc(-c2nnc([C@H](C)OC(=O)c3cc(C)sc3C)o2)cc1. The molecule has 1 atom stereocenters. The second-order valence-electron chi connectivity index (χ2n) is 5.69. The van der Waals surface area contributed by atoms with Crippen LogP contribution >= 0.6 is 11.3 Å². The molecule has 3 aromatic rings. The molecule has 24 heavy (non-hydrogen) atoms. The van der Waals surface area contributed by atoms with Crippen molar-refractivity contribution in [2.45, 2.75) is 33.8 Å². The number of aromatic nitrogens is 2. The Morgan fingerprint density at radius 3 is 2.50 bits per heavy atom. The van der Waals surface area contributed by atoms with Gasteiger partial charge in [-0.3, -0.25) is 0 Å². The lowest BCUT2D eigenvalue weighted by molar-refractivity contribution is 0.0279. The first-order valence-corrected chi connectivity index (χ1v) is 8.44. The first-order chi connectivity index (χ1) is 11.4. The average Bonchev–Trinajstić information content (AvgIpc) is 3.14. The van der Waals surface area contributed by atoms with E-state index in [0.717, 1.165) is 20.9 Å². The van der Waals surface area contributed by atoms with Gasteiger partial charge in [-0.2, -0.15) is 0 Å². The van der Waals surface area contributed by atoms with Gasteiger partial charge in [-0.15, -0.1) is 21.5 Å². The van der Waals surface area contributed by atoms with Crippen LogP contribution in [0.1, 0.15) is 44.6 Å². The Labute approximate surface area is 144 Å². The Morgan fingerprint density at radius 2 is 1.88 bits per heavy atom. The van der Waals surface area contributed by atoms with Gasteiger partial charge in [-0.25, -0.2) is 4.79 Å². The first kappa shape index (κ1) is 16.4. The fourth-order valence-electron chi connectivity index (χ4n) is 2.32. The van der Waals surface area contributed by atoms with Gasteiger partial charge in [0.2, 0.25) is 5.89 Å². The quantitative estimate of drug-likeness (QED) is 0.646. The van der Waals surface area contributed by atoms with E-state index in [-0.39, 0.29) is 11.9 Å². The lowest BCUT2D eigenvalue weighted by atomic mass is 10.1. The lowest BCUT2D eigenvalue weighted by Gasteiger charge is -2.08. The topological polar surface area (TPSA) is 65.2 Å². The highest BCUT2D eigenvalue weighted by Gasteiger charge is 2.21. The highest BCUT2D eigenvalue weighted by molar-refractivity contribution is 7.12. The van der Waals surface area contributed by atoms with Crippen molar-refractivity contribution in [3.63, 3.8) is 0 Å². The summed E-state index contributed by atoms with van der Waals surface area (Å²) in [6, 6.07) is 9.62. The number of ether oxygens (including phenoxy) is 1. The van der Waals surface area contributed by atoms with Gasteiger partial charge in [0, 0.05) is 15.3 Å². The molecule has 0 aliphatic rings. The number of rotatable bonds is 4. The molecule has 0 aliphatic carbocycles. The van der Waals surface area contributed by atoms with Crippen LogP contribution in [0.3, 0.4) is 0 Å². The zero-order valence-electron chi connectivity index (χ0n) is 14.0. The zero-order chi connectivity index (χ0) is 17.3. The third kappa shape index (κ3) is 3.38. The van der Waals surface area contributed by atoms with Gasteiger partial charge in [0.1, 0.15) is 0 Å². The molecule has 0 N–H and O–H groups in total. The van der Waals surface area contributed by atoms with E-state index in [1.54, 1.807) is 18.3 Å². The standard InChI is InChI=1S/C18H18N2O3S/c1-10-5-7-14(8-6-10)17-20-19-16(23-17)12(3)22-18(21)15-9-11(2)24-13(15)4/h5-9,12H,1-4H3/t12-/m0/s1. The molecule has 124 valence electrons. The molecule has 0 saturated carbocycles. The molecule has 1 aromatic carbocycles. The maximum absolute atomic E-state index is 12.3. The monoisotopic (exact) mass is 342 g/mol. The molecule has 3 rings (SSSR count). The second-order valence-corrected chi connectivity index (χ2v) is 7.15. The summed E-state index contributed by atoms with van der Waals surface area (Å²) in [7, 11) is 0. The lowest BCUT2D eigenvalue weighted by Crippen LogP contribution is -2.09. The van der Waals surface area contributed by atoms with Gasteiger partial charge in [-0.1, -0.05) is 17.7 Å². The number of esters is 1. The predicted octanol–water partition coefficient (Wildman–Crippen LogP) is 4.64. The van der Waals surface area contributed by atoms with E-state index in [2.05, 4.69) is 10.2 Å². The van der Waals surface area contributed by atoms with Crippen LogP contribution in [0, 0.1) is 20.8 Å². The van der Waals surface area contributed by atoms with E-state index < -0.39 is 6.10 Å². The molecule has 0 fully saturated rings. The Balaban J connectivity index is 1.74. The first-order valence-electron chi connectivity index (χ1n) is 7.62. The van der Waals surface area contributed by atoms with E-state index in [0.29, 0.717) is 11.5 Å². The van der Waals surface area contributed by atoms with Crippen molar-refractivity contribution >= 4 is 17.3 Å². The van der Waals surface area contributed by atoms with Crippen LogP contribution in [0.5, 0.6) is 0 Å². The number of benzene rings is 1. The third-order valence-corrected chi connectivity index (χ3v) is 4.60. The molecule has 0 unspecified atom stereocenters. The molecular formula is C18H18N2O3S. The molecule has 0 bridgehead atoms. The van der Waals surface area contributed by atoms with Crippen molar-refractivity contribution in [1.82, 2.24) is 10.2 Å². The summed E-state index contributed by atoms with van der Waals surface area (Å²) in [5, 5.41) is 8.03. The predicted molar refractivity (Wildman–Crippen MR) is 92.1 cm³/mol. The van der Waals surface area contributed by atoms with Crippen LogP contribution in [-0.4, -0.2) is 16.2 Å². The van der Waals surface area contributed by atoms with Crippen LogP contribution in [0.15, 0.2) is 34.7 Å². The normalized spacial score (nSPS) is 12.2. The zero-order valence-corrected chi connectivity index (χ0v) is 14.8. The van der Waals surface area contributed by atoms with Gasteiger partial charge >= 0.3 is 5.97 Å². The minimum absolute atomic E-state index is 0.281. The largest absolute Gasteiger partial charge is 0.449 e. The fraction of sp³-hybridized carbons (Fsp3) is 0.278. The van der Waals surface area contributed by atoms with E-state index in [1.807, 2.05) is 51.1 Å². The van der Waals surface area contributed by atoms with Gasteiger partial charge < -0.3 is 9.15 Å². The summed E-state index contributed by atoms with van der Waals surface area (Å²) in [4.78, 5) is 14.3. The summed E-state index contributed by atoms with van der Waals surface area (Å²) in [6.07, 6.45) is -0.608. The van der Waals surface area contributed by atoms with E-state index in [4.69, 9.17) is 9.15 Å². The average molecular weight is 342 g/mol. The number of aryl methyl sites for hydroxylation is 3. The van der Waals surface area contributed by atoms with Crippen molar-refractivity contribution in [3.8, 4) is 11.5 Å². The summed E-state index contributed by atoms with van der Waals surface area (Å²) >= 11 is 1.57. The molecule has 0 spiro atoms. The Morgan fingerprint density at radius 1 is 1.17 bits per heavy atom. The summed E-state index contributed by atoms with van der Waals surface area (Å²) in [5.74, 6) is 0.318. The smallest absolute Gasteiger partial charge is 0.340 e. The summed E-state index contributed by atoms with van der Waals surface area (Å²) in [5.41, 5.74) is 2.58. The van der Waals surface area contributed by atoms with Crippen LogP contribution in [-0.2, 0) is 4.74 Å². The highest BCUT2D eigenvalue weighted by Crippen LogP contribution is 2.26. The van der Waals surface area contributed by atoms with Crippen LogP contribution < -0.4 is 0 Å². The Kier molecular flexibility index (Phi) is 4.49. The number of carbonyl (C=O) groups excluding carboxylic acids is 1. The molecule has 0 amide bonds. The van der Waals surface area contributed by atoms with Crippen molar-refractivity contribution in [1.29, 1.82) is 0 Å². The Bertz CT molecular complexity index is 865. The van der Waals surface area contributed by atoms with Gasteiger partial charge in [0.15, 0.2) is 6.10 Å². The molecule has 0 aliphatic heterocycles. The maximum Gasteiger partial charge on any atom is 0.340 e. The number of hydrogen-bond acceptors (Lipinski definition) is 6. The highest BCUT2D eigenvalue weighted by atomic mass is 32.1. The van der Waals surface area contributed by atoms with Crippen LogP contribution in [0.2, 0.25) is 0 Å². The van der Waals surface area contributed by atoms with Gasteiger partial charge in [0.05, 0.1) is 5.56 Å².